The molecule has 2 aromatic rings. The van der Waals surface area contributed by atoms with E-state index < -0.39 is 0 Å². The molecule has 3 nitrogen and oxygen atoms in total. The molecule has 0 fully saturated rings. The second kappa shape index (κ2) is 8.04. The number of carbonyl (C=O) groups excluding carboxylic acids is 1. The van der Waals surface area contributed by atoms with Gasteiger partial charge < -0.3 is 9.72 Å². The predicted octanol–water partition coefficient (Wildman–Crippen LogP) is 5.45. The molecule has 0 spiro atoms. The Bertz CT molecular complexity index is 615. The average Bonchev–Trinajstić information content (AvgIpc) is 2.93. The summed E-state index contributed by atoms with van der Waals surface area (Å²) in [7, 11) is 0. The maximum Gasteiger partial charge on any atom is 0.293 e. The van der Waals surface area contributed by atoms with Gasteiger partial charge >= 0.3 is 0 Å². The first kappa shape index (κ1) is 17.4. The highest BCUT2D eigenvalue weighted by atomic mass is 79.9. The minimum Gasteiger partial charge on any atom is -0.464 e. The van der Waals surface area contributed by atoms with Gasteiger partial charge in [0, 0.05) is 17.1 Å². The molecule has 0 radical (unpaired) electrons. The van der Waals surface area contributed by atoms with E-state index in [0.717, 1.165) is 15.7 Å². The second-order valence-corrected chi connectivity index (χ2v) is 6.70. The Morgan fingerprint density at radius 3 is 2.50 bits per heavy atom. The van der Waals surface area contributed by atoms with Gasteiger partial charge in [0.1, 0.15) is 6.10 Å². The van der Waals surface area contributed by atoms with Gasteiger partial charge in [-0.05, 0) is 51.7 Å². The van der Waals surface area contributed by atoms with Crippen LogP contribution in [0.5, 0.6) is 0 Å². The first-order valence-electron chi connectivity index (χ1n) is 6.89. The molecule has 0 aliphatic rings. The molecule has 0 aliphatic carbocycles. The number of alkyl halides is 1. The van der Waals surface area contributed by atoms with E-state index >= 15 is 0 Å². The summed E-state index contributed by atoms with van der Waals surface area (Å²) in [5, 5.41) is 0.314. The number of hydrogen-bond donors (Lipinski definition) is 1. The van der Waals surface area contributed by atoms with Crippen LogP contribution in [0.3, 0.4) is 0 Å². The van der Waals surface area contributed by atoms with Crippen LogP contribution >= 0.6 is 39.1 Å². The number of ether oxygens (including phenoxy) is 1. The van der Waals surface area contributed by atoms with Gasteiger partial charge in [-0.1, -0.05) is 30.7 Å². The Hall–Kier alpha value is -0.970. The van der Waals surface area contributed by atoms with Crippen molar-refractivity contribution in [2.24, 2.45) is 0 Å². The van der Waals surface area contributed by atoms with Gasteiger partial charge in [0.25, 0.3) is 6.47 Å². The van der Waals surface area contributed by atoms with Crippen molar-refractivity contribution in [3.8, 4) is 0 Å². The normalized spacial score (nSPS) is 15.1. The number of aromatic amines is 1. The lowest BCUT2D eigenvalue weighted by Gasteiger charge is -2.28. The number of rotatable bonds is 7. The molecule has 0 amide bonds. The average molecular weight is 405 g/mol. The van der Waals surface area contributed by atoms with Crippen LogP contribution in [0.25, 0.3) is 0 Å². The van der Waals surface area contributed by atoms with E-state index in [2.05, 4.69) is 20.9 Å². The molecule has 0 bridgehead atoms. The molecule has 0 saturated carbocycles. The van der Waals surface area contributed by atoms with Gasteiger partial charge in [-0.3, -0.25) is 4.79 Å². The fraction of sp³-hybridized carbons (Fsp3) is 0.312. The SMILES string of the molecule is CCC(OC=O)C(c1c[nH]c(Br)c1)C(Cl)c1ccc(Cl)cc1. The summed E-state index contributed by atoms with van der Waals surface area (Å²) >= 11 is 16.0. The fourth-order valence-electron chi connectivity index (χ4n) is 2.51. The van der Waals surface area contributed by atoms with Crippen molar-refractivity contribution in [1.29, 1.82) is 0 Å². The van der Waals surface area contributed by atoms with Gasteiger partial charge in [-0.2, -0.15) is 0 Å². The predicted molar refractivity (Wildman–Crippen MR) is 92.5 cm³/mol. The minimum atomic E-state index is -0.343. The molecule has 0 aliphatic heterocycles. The van der Waals surface area contributed by atoms with Gasteiger partial charge in [0.05, 0.1) is 9.98 Å². The van der Waals surface area contributed by atoms with Gasteiger partial charge in [-0.25, -0.2) is 0 Å². The summed E-state index contributed by atoms with van der Waals surface area (Å²) in [5.41, 5.74) is 1.91. The Labute approximate surface area is 148 Å². The smallest absolute Gasteiger partial charge is 0.293 e. The van der Waals surface area contributed by atoms with Crippen LogP contribution in [-0.4, -0.2) is 17.6 Å². The van der Waals surface area contributed by atoms with Crippen molar-refractivity contribution in [2.45, 2.75) is 30.7 Å². The Morgan fingerprint density at radius 2 is 2.00 bits per heavy atom. The summed E-state index contributed by atoms with van der Waals surface area (Å²) in [6.45, 7) is 2.45. The maximum absolute atomic E-state index is 10.8. The maximum atomic E-state index is 10.8. The zero-order chi connectivity index (χ0) is 16.1. The molecule has 3 unspecified atom stereocenters. The lowest BCUT2D eigenvalue weighted by atomic mass is 9.87. The zero-order valence-corrected chi connectivity index (χ0v) is 15.0. The summed E-state index contributed by atoms with van der Waals surface area (Å²) in [5.74, 6) is -0.166. The largest absolute Gasteiger partial charge is 0.464 e. The van der Waals surface area contributed by atoms with Crippen LogP contribution in [0.15, 0.2) is 41.1 Å². The summed E-state index contributed by atoms with van der Waals surface area (Å²) in [6, 6.07) is 9.34. The van der Waals surface area contributed by atoms with Crippen LogP contribution in [0.1, 0.15) is 35.8 Å². The molecular weight excluding hydrogens is 389 g/mol. The number of aromatic nitrogens is 1. The number of halogens is 3. The number of H-pyrrole nitrogens is 1. The number of hydrogen-bond acceptors (Lipinski definition) is 2. The monoisotopic (exact) mass is 403 g/mol. The van der Waals surface area contributed by atoms with E-state index in [1.165, 1.54) is 0 Å². The Balaban J connectivity index is 2.38. The van der Waals surface area contributed by atoms with Crippen LogP contribution < -0.4 is 0 Å². The molecule has 0 saturated heterocycles. The first-order valence-corrected chi connectivity index (χ1v) is 8.50. The van der Waals surface area contributed by atoms with E-state index in [1.54, 1.807) is 12.1 Å². The highest BCUT2D eigenvalue weighted by Gasteiger charge is 2.32. The van der Waals surface area contributed by atoms with Crippen molar-refractivity contribution in [3.63, 3.8) is 0 Å². The van der Waals surface area contributed by atoms with E-state index in [0.29, 0.717) is 17.9 Å². The lowest BCUT2D eigenvalue weighted by molar-refractivity contribution is -0.134. The third-order valence-corrected chi connectivity index (χ3v) is 4.83. The van der Waals surface area contributed by atoms with Crippen LogP contribution in [-0.2, 0) is 9.53 Å². The van der Waals surface area contributed by atoms with Crippen molar-refractivity contribution in [2.75, 3.05) is 0 Å². The first-order chi connectivity index (χ1) is 10.6. The van der Waals surface area contributed by atoms with Gasteiger partial charge in [0.15, 0.2) is 0 Å². The number of carbonyl (C=O) groups is 1. The third kappa shape index (κ3) is 4.06. The highest BCUT2D eigenvalue weighted by molar-refractivity contribution is 9.10. The standard InChI is InChI=1S/C16H16BrCl2NO2/c1-2-13(22-9-21)15(11-7-14(17)20-8-11)16(19)10-3-5-12(18)6-4-10/h3-9,13,15-16,20H,2H2,1H3. The van der Waals surface area contributed by atoms with Crippen molar-refractivity contribution in [1.82, 2.24) is 4.98 Å². The van der Waals surface area contributed by atoms with Crippen molar-refractivity contribution in [3.05, 3.63) is 57.3 Å². The van der Waals surface area contributed by atoms with Gasteiger partial charge in [-0.15, -0.1) is 11.6 Å². The number of nitrogens with one attached hydrogen (secondary N) is 1. The molecule has 6 heteroatoms. The molecule has 1 N–H and O–H groups in total. The lowest BCUT2D eigenvalue weighted by Crippen LogP contribution is -2.24. The molecule has 1 aromatic carbocycles. The molecule has 118 valence electrons. The quantitative estimate of drug-likeness (QED) is 0.492. The second-order valence-electron chi connectivity index (χ2n) is 4.94. The van der Waals surface area contributed by atoms with Crippen LogP contribution in [0.2, 0.25) is 5.02 Å². The molecule has 22 heavy (non-hydrogen) atoms. The van der Waals surface area contributed by atoms with E-state index in [9.17, 15) is 4.79 Å². The molecule has 2 rings (SSSR count). The number of benzene rings is 1. The molecule has 1 aromatic heterocycles. The van der Waals surface area contributed by atoms with E-state index in [4.69, 9.17) is 27.9 Å². The van der Waals surface area contributed by atoms with E-state index in [-0.39, 0.29) is 17.4 Å². The highest BCUT2D eigenvalue weighted by Crippen LogP contribution is 2.41. The zero-order valence-electron chi connectivity index (χ0n) is 11.9. The summed E-state index contributed by atoms with van der Waals surface area (Å²) < 4.78 is 6.12. The minimum absolute atomic E-state index is 0.166. The third-order valence-electron chi connectivity index (χ3n) is 3.59. The summed E-state index contributed by atoms with van der Waals surface area (Å²) in [4.78, 5) is 13.9. The Morgan fingerprint density at radius 1 is 1.32 bits per heavy atom. The fourth-order valence-corrected chi connectivity index (χ4v) is 3.46. The Kier molecular flexibility index (Phi) is 6.36. The molecular formula is C16H16BrCl2NO2. The van der Waals surface area contributed by atoms with Crippen molar-refractivity contribution >= 4 is 45.6 Å². The van der Waals surface area contributed by atoms with Crippen LogP contribution in [0.4, 0.5) is 0 Å². The van der Waals surface area contributed by atoms with E-state index in [1.807, 2.05) is 31.3 Å². The van der Waals surface area contributed by atoms with Gasteiger partial charge in [0.2, 0.25) is 0 Å². The summed E-state index contributed by atoms with van der Waals surface area (Å²) in [6.07, 6.45) is 2.23. The van der Waals surface area contributed by atoms with Crippen LogP contribution in [0, 0.1) is 0 Å². The molecule has 1 heterocycles. The molecule has 3 atom stereocenters. The van der Waals surface area contributed by atoms with Crippen molar-refractivity contribution < 1.29 is 9.53 Å². The topological polar surface area (TPSA) is 42.1 Å².